The molecule has 2 fully saturated rings. The summed E-state index contributed by atoms with van der Waals surface area (Å²) in [5.74, 6) is 0.865. The number of phenolic OH excluding ortho intramolecular Hbond substituents is 1. The Hall–Kier alpha value is -2.34. The normalized spacial score (nSPS) is 23.4. The van der Waals surface area contributed by atoms with Crippen LogP contribution in [0.4, 0.5) is 0 Å². The maximum Gasteiger partial charge on any atom is 0.157 e. The van der Waals surface area contributed by atoms with Crippen molar-refractivity contribution in [1.82, 2.24) is 9.78 Å². The quantitative estimate of drug-likeness (QED) is 0.817. The Morgan fingerprint density at radius 2 is 2.20 bits per heavy atom. The average Bonchev–Trinajstić information content (AvgIpc) is 3.37. The molecule has 1 aromatic carbocycles. The Morgan fingerprint density at radius 1 is 1.32 bits per heavy atom. The van der Waals surface area contributed by atoms with E-state index >= 15 is 0 Å². The lowest BCUT2D eigenvalue weighted by Crippen LogP contribution is -2.32. The Balaban J connectivity index is 1.51. The van der Waals surface area contributed by atoms with Crippen molar-refractivity contribution in [3.05, 3.63) is 41.7 Å². The van der Waals surface area contributed by atoms with E-state index in [1.54, 1.807) is 12.1 Å². The fourth-order valence-corrected chi connectivity index (χ4v) is 3.57. The minimum atomic E-state index is -0.0595. The SMILES string of the molecule is O=Cc1c(O)cccc1OCC1COCCC1c1ccnn1C1CC1. The molecule has 1 aromatic heterocycles. The van der Waals surface area contributed by atoms with Crippen molar-refractivity contribution in [1.29, 1.82) is 0 Å². The van der Waals surface area contributed by atoms with E-state index < -0.39 is 0 Å². The van der Waals surface area contributed by atoms with Gasteiger partial charge in [0.1, 0.15) is 11.5 Å². The highest BCUT2D eigenvalue weighted by atomic mass is 16.5. The van der Waals surface area contributed by atoms with Crippen LogP contribution >= 0.6 is 0 Å². The van der Waals surface area contributed by atoms with Crippen LogP contribution < -0.4 is 4.74 Å². The Labute approximate surface area is 146 Å². The Morgan fingerprint density at radius 3 is 3.00 bits per heavy atom. The molecule has 0 spiro atoms. The van der Waals surface area contributed by atoms with Crippen molar-refractivity contribution < 1.29 is 19.4 Å². The number of aromatic hydroxyl groups is 1. The van der Waals surface area contributed by atoms with Gasteiger partial charge in [-0.05, 0) is 37.5 Å². The molecule has 2 aliphatic rings. The second-order valence-electron chi connectivity index (χ2n) is 6.78. The van der Waals surface area contributed by atoms with Gasteiger partial charge < -0.3 is 14.6 Å². The number of phenols is 1. The summed E-state index contributed by atoms with van der Waals surface area (Å²) >= 11 is 0. The lowest BCUT2D eigenvalue weighted by molar-refractivity contribution is 0.0185. The fourth-order valence-electron chi connectivity index (χ4n) is 3.57. The maximum absolute atomic E-state index is 11.2. The Bertz CT molecular complexity index is 754. The molecular formula is C19H22N2O4. The highest BCUT2D eigenvalue weighted by Gasteiger charge is 2.34. The van der Waals surface area contributed by atoms with Gasteiger partial charge in [0.2, 0.25) is 0 Å². The fraction of sp³-hybridized carbons (Fsp3) is 0.474. The first-order valence-corrected chi connectivity index (χ1v) is 8.79. The summed E-state index contributed by atoms with van der Waals surface area (Å²) in [5.41, 5.74) is 1.45. The van der Waals surface area contributed by atoms with Gasteiger partial charge in [-0.2, -0.15) is 5.10 Å². The zero-order valence-corrected chi connectivity index (χ0v) is 14.0. The predicted molar refractivity (Wildman–Crippen MR) is 91.2 cm³/mol. The summed E-state index contributed by atoms with van der Waals surface area (Å²) in [6, 6.07) is 7.51. The van der Waals surface area contributed by atoms with E-state index in [4.69, 9.17) is 9.47 Å². The maximum atomic E-state index is 11.2. The minimum absolute atomic E-state index is 0.0595. The van der Waals surface area contributed by atoms with Gasteiger partial charge in [-0.25, -0.2) is 0 Å². The van der Waals surface area contributed by atoms with E-state index in [-0.39, 0.29) is 17.2 Å². The van der Waals surface area contributed by atoms with Gasteiger partial charge in [-0.3, -0.25) is 9.48 Å². The molecule has 2 unspecified atom stereocenters. The first-order valence-electron chi connectivity index (χ1n) is 8.79. The summed E-state index contributed by atoms with van der Waals surface area (Å²) in [6.07, 6.45) is 5.84. The first-order chi connectivity index (χ1) is 12.3. The predicted octanol–water partition coefficient (Wildman–Crippen LogP) is 2.94. The Kier molecular flexibility index (Phi) is 4.44. The largest absolute Gasteiger partial charge is 0.507 e. The van der Waals surface area contributed by atoms with Crippen LogP contribution in [0.2, 0.25) is 0 Å². The molecule has 6 nitrogen and oxygen atoms in total. The first kappa shape index (κ1) is 16.1. The number of ether oxygens (including phenoxy) is 2. The molecule has 1 aliphatic carbocycles. The molecule has 0 radical (unpaired) electrons. The van der Waals surface area contributed by atoms with Crippen molar-refractivity contribution >= 4 is 6.29 Å². The number of aldehydes is 1. The molecule has 2 atom stereocenters. The van der Waals surface area contributed by atoms with Crippen molar-refractivity contribution in [3.8, 4) is 11.5 Å². The molecule has 1 aliphatic heterocycles. The van der Waals surface area contributed by atoms with Crippen molar-refractivity contribution in [3.63, 3.8) is 0 Å². The van der Waals surface area contributed by atoms with Crippen LogP contribution in [-0.2, 0) is 4.74 Å². The lowest BCUT2D eigenvalue weighted by Gasteiger charge is -2.32. The summed E-state index contributed by atoms with van der Waals surface area (Å²) < 4.78 is 13.7. The van der Waals surface area contributed by atoms with E-state index in [2.05, 4.69) is 15.8 Å². The van der Waals surface area contributed by atoms with Crippen LogP contribution in [-0.4, -0.2) is 41.0 Å². The standard InChI is InChI=1S/C19H22N2O4/c22-10-16-18(23)2-1-3-19(16)25-12-13-11-24-9-7-15(13)17-6-8-20-21(17)14-4-5-14/h1-3,6,8,10,13-15,23H,4-5,7,9,11-12H2. The second-order valence-corrected chi connectivity index (χ2v) is 6.78. The van der Waals surface area contributed by atoms with E-state index in [1.165, 1.54) is 24.6 Å². The minimum Gasteiger partial charge on any atom is -0.507 e. The van der Waals surface area contributed by atoms with Gasteiger partial charge in [0.15, 0.2) is 6.29 Å². The molecule has 4 rings (SSSR count). The van der Waals surface area contributed by atoms with Crippen LogP contribution in [0.5, 0.6) is 11.5 Å². The molecule has 6 heteroatoms. The van der Waals surface area contributed by atoms with Gasteiger partial charge in [-0.1, -0.05) is 6.07 Å². The van der Waals surface area contributed by atoms with Gasteiger partial charge in [-0.15, -0.1) is 0 Å². The topological polar surface area (TPSA) is 73.6 Å². The zero-order chi connectivity index (χ0) is 17.2. The zero-order valence-electron chi connectivity index (χ0n) is 14.0. The molecule has 0 amide bonds. The number of carbonyl (C=O) groups excluding carboxylic acids is 1. The smallest absolute Gasteiger partial charge is 0.157 e. The van der Waals surface area contributed by atoms with Crippen LogP contribution in [0.1, 0.15) is 47.3 Å². The lowest BCUT2D eigenvalue weighted by atomic mass is 9.86. The number of benzene rings is 1. The summed E-state index contributed by atoms with van der Waals surface area (Å²) in [4.78, 5) is 11.2. The van der Waals surface area contributed by atoms with Crippen LogP contribution in [0.15, 0.2) is 30.5 Å². The molecule has 0 bridgehead atoms. The highest BCUT2D eigenvalue weighted by Crippen LogP contribution is 2.40. The molecular weight excluding hydrogens is 320 g/mol. The third-order valence-corrected chi connectivity index (χ3v) is 5.06. The number of hydrogen-bond acceptors (Lipinski definition) is 5. The molecule has 1 saturated heterocycles. The van der Waals surface area contributed by atoms with Crippen LogP contribution in [0.3, 0.4) is 0 Å². The van der Waals surface area contributed by atoms with E-state index in [1.807, 2.05) is 6.20 Å². The molecule has 1 saturated carbocycles. The van der Waals surface area contributed by atoms with Crippen molar-refractivity contribution in [2.24, 2.45) is 5.92 Å². The number of carbonyl (C=O) groups is 1. The summed E-state index contributed by atoms with van der Waals surface area (Å²) in [5, 5.41) is 14.3. The molecule has 1 N–H and O–H groups in total. The van der Waals surface area contributed by atoms with Gasteiger partial charge >= 0.3 is 0 Å². The number of hydrogen-bond donors (Lipinski definition) is 1. The van der Waals surface area contributed by atoms with E-state index in [9.17, 15) is 9.90 Å². The van der Waals surface area contributed by atoms with Crippen molar-refractivity contribution in [2.45, 2.75) is 31.2 Å². The number of rotatable bonds is 6. The summed E-state index contributed by atoms with van der Waals surface area (Å²) in [7, 11) is 0. The van der Waals surface area contributed by atoms with Gasteiger partial charge in [0.05, 0.1) is 24.8 Å². The van der Waals surface area contributed by atoms with Crippen molar-refractivity contribution in [2.75, 3.05) is 19.8 Å². The second kappa shape index (κ2) is 6.88. The monoisotopic (exact) mass is 342 g/mol. The van der Waals surface area contributed by atoms with E-state index in [0.717, 1.165) is 13.0 Å². The van der Waals surface area contributed by atoms with Crippen LogP contribution in [0.25, 0.3) is 0 Å². The number of nitrogens with zero attached hydrogens (tertiary/aromatic N) is 2. The third-order valence-electron chi connectivity index (χ3n) is 5.06. The van der Waals surface area contributed by atoms with Crippen LogP contribution in [0, 0.1) is 5.92 Å². The average molecular weight is 342 g/mol. The number of aromatic nitrogens is 2. The summed E-state index contributed by atoms with van der Waals surface area (Å²) in [6.45, 7) is 1.79. The molecule has 132 valence electrons. The molecule has 2 heterocycles. The molecule has 2 aromatic rings. The van der Waals surface area contributed by atoms with E-state index in [0.29, 0.717) is 37.2 Å². The third kappa shape index (κ3) is 3.26. The van der Waals surface area contributed by atoms with Gasteiger partial charge in [0, 0.05) is 30.3 Å². The van der Waals surface area contributed by atoms with Gasteiger partial charge in [0.25, 0.3) is 0 Å². The highest BCUT2D eigenvalue weighted by molar-refractivity contribution is 5.83. The molecule has 25 heavy (non-hydrogen) atoms.